The van der Waals surface area contributed by atoms with Gasteiger partial charge in [-0.3, -0.25) is 4.79 Å². The summed E-state index contributed by atoms with van der Waals surface area (Å²) in [5.41, 5.74) is 11.5. The highest BCUT2D eigenvalue weighted by Gasteiger charge is 2.25. The summed E-state index contributed by atoms with van der Waals surface area (Å²) in [4.78, 5) is 31.5. The van der Waals surface area contributed by atoms with Crippen LogP contribution in [0.3, 0.4) is 0 Å². The molecule has 170 valence electrons. The number of benzene rings is 1. The standard InChI is InChI=1S/C24H23N3O4S2/c1-11-12(2)17-19(25)20(33-23(17)26-13(11)3)21(28)27-22-18(24(29)31-5)16(10-32-22)14-6-8-15(30-4)9-7-14/h6-10H,25H2,1-5H3,(H,27,28). The maximum Gasteiger partial charge on any atom is 0.341 e. The van der Waals surface area contributed by atoms with Crippen molar-refractivity contribution in [1.82, 2.24) is 4.98 Å². The number of pyridine rings is 1. The van der Waals surface area contributed by atoms with Gasteiger partial charge >= 0.3 is 5.97 Å². The Kier molecular flexibility index (Phi) is 6.09. The Morgan fingerprint density at radius 2 is 1.76 bits per heavy atom. The molecule has 0 aliphatic heterocycles. The van der Waals surface area contributed by atoms with Gasteiger partial charge < -0.3 is 20.5 Å². The Morgan fingerprint density at radius 1 is 1.06 bits per heavy atom. The molecule has 4 aromatic rings. The third kappa shape index (κ3) is 3.94. The quantitative estimate of drug-likeness (QED) is 0.361. The van der Waals surface area contributed by atoms with Gasteiger partial charge in [0.2, 0.25) is 0 Å². The zero-order chi connectivity index (χ0) is 23.9. The number of nitrogens with zero attached hydrogens (tertiary/aromatic N) is 1. The van der Waals surface area contributed by atoms with Crippen LogP contribution in [0.5, 0.6) is 5.75 Å². The first kappa shape index (κ1) is 22.8. The number of amides is 1. The van der Waals surface area contributed by atoms with Crippen LogP contribution in [0, 0.1) is 20.8 Å². The molecule has 1 aromatic carbocycles. The average molecular weight is 482 g/mol. The maximum atomic E-state index is 13.2. The van der Waals surface area contributed by atoms with Gasteiger partial charge in [-0.05, 0) is 49.6 Å². The Labute approximate surface area is 199 Å². The van der Waals surface area contributed by atoms with E-state index in [1.54, 1.807) is 7.11 Å². The summed E-state index contributed by atoms with van der Waals surface area (Å²) < 4.78 is 10.2. The molecule has 1 amide bonds. The van der Waals surface area contributed by atoms with Gasteiger partial charge in [0.05, 0.1) is 19.9 Å². The highest BCUT2D eigenvalue weighted by atomic mass is 32.1. The molecule has 0 fully saturated rings. The van der Waals surface area contributed by atoms with E-state index >= 15 is 0 Å². The topological polar surface area (TPSA) is 104 Å². The lowest BCUT2D eigenvalue weighted by Crippen LogP contribution is -2.14. The summed E-state index contributed by atoms with van der Waals surface area (Å²) in [6, 6.07) is 7.32. The molecule has 0 aliphatic rings. The van der Waals surface area contributed by atoms with Crippen molar-refractivity contribution in [2.75, 3.05) is 25.3 Å². The minimum absolute atomic E-state index is 0.293. The smallest absolute Gasteiger partial charge is 0.341 e. The molecule has 0 radical (unpaired) electrons. The van der Waals surface area contributed by atoms with Crippen LogP contribution in [0.25, 0.3) is 21.3 Å². The zero-order valence-electron chi connectivity index (χ0n) is 18.9. The Balaban J connectivity index is 1.74. The van der Waals surface area contributed by atoms with Crippen LogP contribution < -0.4 is 15.8 Å². The summed E-state index contributed by atoms with van der Waals surface area (Å²) in [7, 11) is 2.90. The molecule has 0 saturated heterocycles. The molecule has 3 heterocycles. The Bertz CT molecular complexity index is 1390. The van der Waals surface area contributed by atoms with Gasteiger partial charge in [-0.2, -0.15) is 0 Å². The largest absolute Gasteiger partial charge is 0.497 e. The van der Waals surface area contributed by atoms with Crippen LogP contribution >= 0.6 is 22.7 Å². The Morgan fingerprint density at radius 3 is 2.39 bits per heavy atom. The van der Waals surface area contributed by atoms with Gasteiger partial charge in [0.25, 0.3) is 5.91 Å². The number of aromatic nitrogens is 1. The van der Waals surface area contributed by atoms with E-state index in [2.05, 4.69) is 10.3 Å². The van der Waals surface area contributed by atoms with Crippen molar-refractivity contribution >= 4 is 55.5 Å². The molecule has 0 bridgehead atoms. The maximum absolute atomic E-state index is 13.2. The minimum atomic E-state index is -0.537. The molecule has 7 nitrogen and oxygen atoms in total. The number of thiophene rings is 2. The van der Waals surface area contributed by atoms with Crippen molar-refractivity contribution < 1.29 is 19.1 Å². The van der Waals surface area contributed by atoms with Gasteiger partial charge in [-0.15, -0.1) is 22.7 Å². The minimum Gasteiger partial charge on any atom is -0.497 e. The first-order valence-corrected chi connectivity index (χ1v) is 11.8. The number of fused-ring (bicyclic) bond motifs is 1. The number of nitrogens with one attached hydrogen (secondary N) is 1. The highest BCUT2D eigenvalue weighted by molar-refractivity contribution is 7.21. The van der Waals surface area contributed by atoms with E-state index in [0.717, 1.165) is 32.6 Å². The molecular formula is C24H23N3O4S2. The van der Waals surface area contributed by atoms with E-state index < -0.39 is 11.9 Å². The lowest BCUT2D eigenvalue weighted by Gasteiger charge is -2.08. The zero-order valence-corrected chi connectivity index (χ0v) is 20.5. The number of hydrogen-bond acceptors (Lipinski definition) is 8. The van der Waals surface area contributed by atoms with Crippen LogP contribution in [0.15, 0.2) is 29.6 Å². The van der Waals surface area contributed by atoms with Gasteiger partial charge in [-0.1, -0.05) is 12.1 Å². The van der Waals surface area contributed by atoms with E-state index in [1.165, 1.54) is 29.8 Å². The number of carbonyl (C=O) groups is 2. The van der Waals surface area contributed by atoms with Crippen molar-refractivity contribution in [1.29, 1.82) is 0 Å². The summed E-state index contributed by atoms with van der Waals surface area (Å²) >= 11 is 2.49. The molecule has 9 heteroatoms. The summed E-state index contributed by atoms with van der Waals surface area (Å²) in [6.45, 7) is 5.90. The fourth-order valence-corrected chi connectivity index (χ4v) is 5.68. The predicted molar refractivity (Wildman–Crippen MR) is 134 cm³/mol. The highest BCUT2D eigenvalue weighted by Crippen LogP contribution is 2.40. The SMILES string of the molecule is COC(=O)c1c(-c2ccc(OC)cc2)csc1NC(=O)c1sc2nc(C)c(C)c(C)c2c1N. The average Bonchev–Trinajstić information content (AvgIpc) is 3.38. The van der Waals surface area contributed by atoms with Gasteiger partial charge in [-0.25, -0.2) is 9.78 Å². The summed E-state index contributed by atoms with van der Waals surface area (Å²) in [6.07, 6.45) is 0. The normalized spacial score (nSPS) is 10.9. The Hall–Kier alpha value is -3.43. The number of aryl methyl sites for hydroxylation is 2. The summed E-state index contributed by atoms with van der Waals surface area (Å²) in [5, 5.41) is 5.87. The lowest BCUT2D eigenvalue weighted by atomic mass is 10.0. The van der Waals surface area contributed by atoms with E-state index in [1.807, 2.05) is 50.4 Å². The fourth-order valence-electron chi connectivity index (χ4n) is 3.63. The van der Waals surface area contributed by atoms with Crippen molar-refractivity contribution in [3.8, 4) is 16.9 Å². The molecule has 0 spiro atoms. The first-order valence-electron chi connectivity index (χ1n) is 10.1. The van der Waals surface area contributed by atoms with Crippen LogP contribution in [0.2, 0.25) is 0 Å². The molecular weight excluding hydrogens is 458 g/mol. The second kappa shape index (κ2) is 8.84. The molecule has 3 aromatic heterocycles. The second-order valence-electron chi connectivity index (χ2n) is 7.50. The van der Waals surface area contributed by atoms with Crippen LogP contribution in [0.4, 0.5) is 10.7 Å². The first-order chi connectivity index (χ1) is 15.8. The molecule has 3 N–H and O–H groups in total. The number of hydrogen-bond donors (Lipinski definition) is 2. The van der Waals surface area contributed by atoms with E-state index in [9.17, 15) is 9.59 Å². The van der Waals surface area contributed by atoms with Crippen molar-refractivity contribution in [3.05, 3.63) is 56.9 Å². The summed E-state index contributed by atoms with van der Waals surface area (Å²) in [5.74, 6) is -0.222. The van der Waals surface area contributed by atoms with Crippen molar-refractivity contribution in [2.45, 2.75) is 20.8 Å². The number of anilines is 2. The monoisotopic (exact) mass is 481 g/mol. The molecule has 0 aliphatic carbocycles. The van der Waals surface area contributed by atoms with Crippen LogP contribution in [-0.4, -0.2) is 31.1 Å². The molecule has 0 saturated carbocycles. The van der Waals surface area contributed by atoms with E-state index in [4.69, 9.17) is 15.2 Å². The van der Waals surface area contributed by atoms with E-state index in [0.29, 0.717) is 32.4 Å². The number of ether oxygens (including phenoxy) is 2. The third-order valence-electron chi connectivity index (χ3n) is 5.69. The van der Waals surface area contributed by atoms with Crippen molar-refractivity contribution in [2.24, 2.45) is 0 Å². The molecule has 33 heavy (non-hydrogen) atoms. The number of carbonyl (C=O) groups excluding carboxylic acids is 2. The second-order valence-corrected chi connectivity index (χ2v) is 9.38. The van der Waals surface area contributed by atoms with Gasteiger partial charge in [0.1, 0.15) is 26.0 Å². The van der Waals surface area contributed by atoms with Crippen molar-refractivity contribution in [3.63, 3.8) is 0 Å². The van der Waals surface area contributed by atoms with Crippen LogP contribution in [0.1, 0.15) is 36.9 Å². The van der Waals surface area contributed by atoms with Gasteiger partial charge in [0, 0.05) is 22.0 Å². The molecule has 0 unspecified atom stereocenters. The fraction of sp³-hybridized carbons (Fsp3) is 0.208. The van der Waals surface area contributed by atoms with Crippen LogP contribution in [-0.2, 0) is 4.74 Å². The molecule has 0 atom stereocenters. The lowest BCUT2D eigenvalue weighted by molar-refractivity contribution is 0.0603. The number of nitrogen functional groups attached to an aromatic ring is 1. The number of rotatable bonds is 5. The number of methoxy groups -OCH3 is 2. The van der Waals surface area contributed by atoms with Gasteiger partial charge in [0.15, 0.2) is 0 Å². The number of esters is 1. The number of nitrogens with two attached hydrogens (primary N) is 1. The van der Waals surface area contributed by atoms with E-state index in [-0.39, 0.29) is 0 Å². The predicted octanol–water partition coefficient (Wildman–Crippen LogP) is 5.58. The molecule has 4 rings (SSSR count). The third-order valence-corrected chi connectivity index (χ3v) is 7.68.